The largest absolute Gasteiger partial charge is 0.486 e. The van der Waals surface area contributed by atoms with Gasteiger partial charge in [0.25, 0.3) is 0 Å². The van der Waals surface area contributed by atoms with Crippen LogP contribution >= 0.6 is 0 Å². The molecule has 2 heterocycles. The molecule has 1 fully saturated rings. The standard InChI is InChI=1S/C17H26N2O2/c1-12-4-3-5-13(2)19(12)15(11-18)14-6-7-16-17(10-14)21-9-8-20-16/h6-7,10,12-13,15H,3-5,8-9,11,18H2,1-2H3. The molecule has 116 valence electrons. The van der Waals surface area contributed by atoms with Crippen molar-refractivity contribution in [1.82, 2.24) is 4.90 Å². The molecule has 2 aliphatic rings. The third-order valence-corrected chi connectivity index (χ3v) is 4.80. The molecule has 3 rings (SSSR count). The minimum absolute atomic E-state index is 0.256. The van der Waals surface area contributed by atoms with Gasteiger partial charge in [0.2, 0.25) is 0 Å². The van der Waals surface area contributed by atoms with Gasteiger partial charge in [-0.05, 0) is 44.4 Å². The summed E-state index contributed by atoms with van der Waals surface area (Å²) in [7, 11) is 0. The van der Waals surface area contributed by atoms with Gasteiger partial charge in [-0.1, -0.05) is 12.5 Å². The Morgan fingerprint density at radius 3 is 2.48 bits per heavy atom. The second-order valence-corrected chi connectivity index (χ2v) is 6.23. The molecule has 1 aromatic carbocycles. The number of benzene rings is 1. The lowest BCUT2D eigenvalue weighted by Gasteiger charge is -2.44. The van der Waals surface area contributed by atoms with Crippen molar-refractivity contribution in [3.8, 4) is 11.5 Å². The van der Waals surface area contributed by atoms with Gasteiger partial charge in [0, 0.05) is 24.7 Å². The third kappa shape index (κ3) is 2.87. The molecule has 3 unspecified atom stereocenters. The van der Waals surface area contributed by atoms with E-state index < -0.39 is 0 Å². The molecule has 0 spiro atoms. The Bertz CT molecular complexity index is 482. The van der Waals surface area contributed by atoms with Crippen molar-refractivity contribution in [2.75, 3.05) is 19.8 Å². The summed E-state index contributed by atoms with van der Waals surface area (Å²) in [4.78, 5) is 2.58. The lowest BCUT2D eigenvalue weighted by molar-refractivity contribution is 0.0575. The van der Waals surface area contributed by atoms with Crippen molar-refractivity contribution < 1.29 is 9.47 Å². The molecule has 0 radical (unpaired) electrons. The van der Waals surface area contributed by atoms with E-state index in [1.54, 1.807) is 0 Å². The number of likely N-dealkylation sites (tertiary alicyclic amines) is 1. The van der Waals surface area contributed by atoms with E-state index in [1.807, 2.05) is 6.07 Å². The molecule has 4 heteroatoms. The van der Waals surface area contributed by atoms with Crippen LogP contribution in [0.2, 0.25) is 0 Å². The highest BCUT2D eigenvalue weighted by Crippen LogP contribution is 2.37. The summed E-state index contributed by atoms with van der Waals surface area (Å²) in [6.45, 7) is 6.52. The summed E-state index contributed by atoms with van der Waals surface area (Å²) >= 11 is 0. The van der Waals surface area contributed by atoms with E-state index in [9.17, 15) is 0 Å². The highest BCUT2D eigenvalue weighted by atomic mass is 16.6. The molecule has 1 aromatic rings. The van der Waals surface area contributed by atoms with Crippen molar-refractivity contribution in [2.24, 2.45) is 5.73 Å². The first-order valence-corrected chi connectivity index (χ1v) is 8.07. The second-order valence-electron chi connectivity index (χ2n) is 6.23. The van der Waals surface area contributed by atoms with Gasteiger partial charge in [-0.3, -0.25) is 4.90 Å². The van der Waals surface area contributed by atoms with Crippen molar-refractivity contribution in [2.45, 2.75) is 51.2 Å². The van der Waals surface area contributed by atoms with E-state index in [0.29, 0.717) is 31.8 Å². The zero-order valence-electron chi connectivity index (χ0n) is 13.0. The first kappa shape index (κ1) is 14.7. The minimum atomic E-state index is 0.256. The number of rotatable bonds is 3. The predicted octanol–water partition coefficient (Wildman–Crippen LogP) is 2.72. The fraction of sp³-hybridized carbons (Fsp3) is 0.647. The van der Waals surface area contributed by atoms with E-state index in [1.165, 1.54) is 24.8 Å². The van der Waals surface area contributed by atoms with Gasteiger partial charge < -0.3 is 15.2 Å². The molecule has 21 heavy (non-hydrogen) atoms. The van der Waals surface area contributed by atoms with Crippen LogP contribution in [-0.2, 0) is 0 Å². The molecule has 0 amide bonds. The van der Waals surface area contributed by atoms with Crippen molar-refractivity contribution in [3.63, 3.8) is 0 Å². The molecule has 3 atom stereocenters. The number of ether oxygens (including phenoxy) is 2. The van der Waals surface area contributed by atoms with E-state index in [4.69, 9.17) is 15.2 Å². The SMILES string of the molecule is CC1CCCC(C)N1C(CN)c1ccc2c(c1)OCCO2. The van der Waals surface area contributed by atoms with Crippen molar-refractivity contribution in [1.29, 1.82) is 0 Å². The summed E-state index contributed by atoms with van der Waals surface area (Å²) in [5.74, 6) is 1.70. The maximum absolute atomic E-state index is 6.12. The molecule has 0 bridgehead atoms. The number of nitrogens with zero attached hydrogens (tertiary/aromatic N) is 1. The van der Waals surface area contributed by atoms with Crippen LogP contribution in [0.15, 0.2) is 18.2 Å². The summed E-state index contributed by atoms with van der Waals surface area (Å²) in [6.07, 6.45) is 3.83. The zero-order valence-corrected chi connectivity index (χ0v) is 13.0. The summed E-state index contributed by atoms with van der Waals surface area (Å²) in [6, 6.07) is 7.68. The smallest absolute Gasteiger partial charge is 0.161 e. The molecule has 0 saturated carbocycles. The van der Waals surface area contributed by atoms with Gasteiger partial charge >= 0.3 is 0 Å². The Labute approximate surface area is 127 Å². The predicted molar refractivity (Wildman–Crippen MR) is 83.8 cm³/mol. The van der Waals surface area contributed by atoms with Gasteiger partial charge in [0.1, 0.15) is 13.2 Å². The maximum atomic E-state index is 6.12. The van der Waals surface area contributed by atoms with Gasteiger partial charge in [-0.2, -0.15) is 0 Å². The topological polar surface area (TPSA) is 47.7 Å². The fourth-order valence-electron chi connectivity index (χ4n) is 3.75. The normalized spacial score (nSPS) is 27.4. The number of hydrogen-bond donors (Lipinski definition) is 1. The average molecular weight is 290 g/mol. The van der Waals surface area contributed by atoms with Crippen LogP contribution in [0.3, 0.4) is 0 Å². The average Bonchev–Trinajstić information content (AvgIpc) is 2.50. The number of nitrogens with two attached hydrogens (primary N) is 1. The Hall–Kier alpha value is -1.26. The van der Waals surface area contributed by atoms with Crippen LogP contribution in [0.1, 0.15) is 44.7 Å². The van der Waals surface area contributed by atoms with Crippen molar-refractivity contribution >= 4 is 0 Å². The molecule has 2 N–H and O–H groups in total. The summed E-state index contributed by atoms with van der Waals surface area (Å²) in [5.41, 5.74) is 7.36. The van der Waals surface area contributed by atoms with Crippen LogP contribution in [0.5, 0.6) is 11.5 Å². The molecular formula is C17H26N2O2. The first-order chi connectivity index (χ1) is 10.2. The van der Waals surface area contributed by atoms with Crippen molar-refractivity contribution in [3.05, 3.63) is 23.8 Å². The van der Waals surface area contributed by atoms with Gasteiger partial charge in [-0.25, -0.2) is 0 Å². The van der Waals surface area contributed by atoms with Gasteiger partial charge in [0.05, 0.1) is 0 Å². The summed E-state index contributed by atoms with van der Waals surface area (Å²) < 4.78 is 11.3. The molecule has 1 saturated heterocycles. The Morgan fingerprint density at radius 2 is 1.81 bits per heavy atom. The van der Waals surface area contributed by atoms with Crippen LogP contribution < -0.4 is 15.2 Å². The number of hydrogen-bond acceptors (Lipinski definition) is 4. The lowest BCUT2D eigenvalue weighted by atomic mass is 9.92. The zero-order chi connectivity index (χ0) is 14.8. The van der Waals surface area contributed by atoms with Crippen LogP contribution in [0.4, 0.5) is 0 Å². The third-order valence-electron chi connectivity index (χ3n) is 4.80. The molecule has 4 nitrogen and oxygen atoms in total. The van der Waals surface area contributed by atoms with Crippen LogP contribution in [0, 0.1) is 0 Å². The monoisotopic (exact) mass is 290 g/mol. The summed E-state index contributed by atoms with van der Waals surface area (Å²) in [5, 5.41) is 0. The Kier molecular flexibility index (Phi) is 4.36. The number of fused-ring (bicyclic) bond motifs is 1. The first-order valence-electron chi connectivity index (χ1n) is 8.07. The Balaban J connectivity index is 1.88. The lowest BCUT2D eigenvalue weighted by Crippen LogP contribution is -2.48. The second kappa shape index (κ2) is 6.24. The van der Waals surface area contributed by atoms with E-state index >= 15 is 0 Å². The van der Waals surface area contributed by atoms with E-state index in [2.05, 4.69) is 30.9 Å². The molecular weight excluding hydrogens is 264 g/mol. The highest BCUT2D eigenvalue weighted by Gasteiger charge is 2.31. The molecule has 0 aliphatic carbocycles. The van der Waals surface area contributed by atoms with E-state index in [0.717, 1.165) is 11.5 Å². The van der Waals surface area contributed by atoms with Gasteiger partial charge in [0.15, 0.2) is 11.5 Å². The van der Waals surface area contributed by atoms with Gasteiger partial charge in [-0.15, -0.1) is 0 Å². The fourth-order valence-corrected chi connectivity index (χ4v) is 3.75. The Morgan fingerprint density at radius 1 is 1.14 bits per heavy atom. The molecule has 2 aliphatic heterocycles. The quantitative estimate of drug-likeness (QED) is 0.930. The highest BCUT2D eigenvalue weighted by molar-refractivity contribution is 5.44. The van der Waals surface area contributed by atoms with E-state index in [-0.39, 0.29) is 6.04 Å². The van der Waals surface area contributed by atoms with Crippen LogP contribution in [0.25, 0.3) is 0 Å². The number of piperidine rings is 1. The molecule has 0 aromatic heterocycles. The minimum Gasteiger partial charge on any atom is -0.486 e. The maximum Gasteiger partial charge on any atom is 0.161 e. The van der Waals surface area contributed by atoms with Crippen LogP contribution in [-0.4, -0.2) is 36.7 Å².